The highest BCUT2D eigenvalue weighted by Gasteiger charge is 2.05. The lowest BCUT2D eigenvalue weighted by atomic mass is 10.2. The first-order valence-electron chi connectivity index (χ1n) is 6.94. The Balaban J connectivity index is 2.23. The van der Waals surface area contributed by atoms with E-state index >= 15 is 0 Å². The van der Waals surface area contributed by atoms with Gasteiger partial charge in [0.1, 0.15) is 6.61 Å². The summed E-state index contributed by atoms with van der Waals surface area (Å²) >= 11 is 0. The Hall–Kier alpha value is -2.62. The third-order valence-corrected chi connectivity index (χ3v) is 2.71. The summed E-state index contributed by atoms with van der Waals surface area (Å²) in [6, 6.07) is 8.82. The van der Waals surface area contributed by atoms with Gasteiger partial charge in [-0.15, -0.1) is 0 Å². The van der Waals surface area contributed by atoms with E-state index in [1.54, 1.807) is 30.3 Å². The number of unbranched alkanes of at least 4 members (excludes halogenated alkanes) is 1. The quantitative estimate of drug-likeness (QED) is 0.319. The van der Waals surface area contributed by atoms with Gasteiger partial charge < -0.3 is 9.47 Å². The van der Waals surface area contributed by atoms with E-state index in [1.165, 1.54) is 13.2 Å². The van der Waals surface area contributed by atoms with E-state index in [2.05, 4.69) is 11.3 Å². The molecule has 1 aromatic rings. The van der Waals surface area contributed by atoms with E-state index < -0.39 is 0 Å². The highest BCUT2D eigenvalue weighted by molar-refractivity contribution is 5.89. The van der Waals surface area contributed by atoms with Crippen LogP contribution in [0.2, 0.25) is 0 Å². The molecule has 0 bridgehead atoms. The molecule has 0 N–H and O–H groups in total. The Labute approximate surface area is 130 Å². The standard InChI is InChI=1S/C18H20O4/c1-15(10-6-3-4-9-13-17(19)21-2)14-22-18(20)16-11-7-5-8-12-16/h5-13H,1,3-4,14H2,2H3/b10-6+,13-9+. The van der Waals surface area contributed by atoms with Crippen molar-refractivity contribution in [2.75, 3.05) is 13.7 Å². The second-order valence-electron chi connectivity index (χ2n) is 4.51. The first kappa shape index (κ1) is 17.4. The zero-order valence-electron chi connectivity index (χ0n) is 12.7. The molecule has 0 unspecified atom stereocenters. The van der Waals surface area contributed by atoms with E-state index in [9.17, 15) is 9.59 Å². The average Bonchev–Trinajstić information content (AvgIpc) is 2.56. The van der Waals surface area contributed by atoms with Crippen LogP contribution in [0.5, 0.6) is 0 Å². The molecule has 0 fully saturated rings. The molecule has 0 aliphatic heterocycles. The lowest BCUT2D eigenvalue weighted by Gasteiger charge is -2.04. The molecule has 0 saturated heterocycles. The summed E-state index contributed by atoms with van der Waals surface area (Å²) in [5.74, 6) is -0.725. The third-order valence-electron chi connectivity index (χ3n) is 2.71. The summed E-state index contributed by atoms with van der Waals surface area (Å²) in [6.07, 6.45) is 8.35. The van der Waals surface area contributed by atoms with Gasteiger partial charge >= 0.3 is 11.9 Å². The van der Waals surface area contributed by atoms with Gasteiger partial charge in [0, 0.05) is 6.08 Å². The van der Waals surface area contributed by atoms with Crippen molar-refractivity contribution in [3.8, 4) is 0 Å². The fourth-order valence-electron chi connectivity index (χ4n) is 1.55. The fourth-order valence-corrected chi connectivity index (χ4v) is 1.55. The van der Waals surface area contributed by atoms with Crippen molar-refractivity contribution in [3.05, 3.63) is 72.4 Å². The van der Waals surface area contributed by atoms with Crippen LogP contribution in [-0.2, 0) is 14.3 Å². The molecule has 0 aliphatic carbocycles. The second-order valence-corrected chi connectivity index (χ2v) is 4.51. The maximum atomic E-state index is 11.7. The van der Waals surface area contributed by atoms with Crippen molar-refractivity contribution in [2.45, 2.75) is 12.8 Å². The van der Waals surface area contributed by atoms with Gasteiger partial charge in [-0.2, -0.15) is 0 Å². The first-order chi connectivity index (χ1) is 10.6. The maximum Gasteiger partial charge on any atom is 0.338 e. The van der Waals surface area contributed by atoms with Gasteiger partial charge in [0.2, 0.25) is 0 Å². The number of ether oxygens (including phenoxy) is 2. The van der Waals surface area contributed by atoms with Crippen LogP contribution >= 0.6 is 0 Å². The van der Waals surface area contributed by atoms with E-state index in [1.807, 2.05) is 18.2 Å². The Morgan fingerprint density at radius 2 is 1.73 bits per heavy atom. The monoisotopic (exact) mass is 300 g/mol. The number of rotatable bonds is 8. The van der Waals surface area contributed by atoms with Crippen molar-refractivity contribution < 1.29 is 19.1 Å². The molecule has 1 rings (SSSR count). The Morgan fingerprint density at radius 1 is 1.09 bits per heavy atom. The lowest BCUT2D eigenvalue weighted by molar-refractivity contribution is -0.134. The minimum absolute atomic E-state index is 0.155. The van der Waals surface area contributed by atoms with Gasteiger partial charge in [0.25, 0.3) is 0 Å². The Bertz CT molecular complexity index is 556. The minimum atomic E-state index is -0.365. The molecule has 0 aliphatic rings. The minimum Gasteiger partial charge on any atom is -0.466 e. The molecular weight excluding hydrogens is 280 g/mol. The molecule has 1 aromatic carbocycles. The second kappa shape index (κ2) is 10.2. The molecule has 0 atom stereocenters. The smallest absolute Gasteiger partial charge is 0.338 e. The molecule has 22 heavy (non-hydrogen) atoms. The summed E-state index contributed by atoms with van der Waals surface area (Å²) in [4.78, 5) is 22.5. The topological polar surface area (TPSA) is 52.6 Å². The molecule has 4 nitrogen and oxygen atoms in total. The first-order valence-corrected chi connectivity index (χ1v) is 6.94. The zero-order chi connectivity index (χ0) is 16.2. The van der Waals surface area contributed by atoms with Crippen molar-refractivity contribution >= 4 is 11.9 Å². The molecule has 0 amide bonds. The largest absolute Gasteiger partial charge is 0.466 e. The molecule has 0 aromatic heterocycles. The molecular formula is C18H20O4. The number of hydrogen-bond acceptors (Lipinski definition) is 4. The fraction of sp³-hybridized carbons (Fsp3) is 0.222. The molecule has 0 saturated carbocycles. The predicted molar refractivity (Wildman–Crippen MR) is 85.4 cm³/mol. The highest BCUT2D eigenvalue weighted by atomic mass is 16.5. The SMILES string of the molecule is C=C(/C=C/CC/C=C/C(=O)OC)COC(=O)c1ccccc1. The highest BCUT2D eigenvalue weighted by Crippen LogP contribution is 2.04. The summed E-state index contributed by atoms with van der Waals surface area (Å²) in [6.45, 7) is 3.98. The molecule has 0 spiro atoms. The third kappa shape index (κ3) is 7.24. The molecule has 0 heterocycles. The van der Waals surface area contributed by atoms with E-state index in [0.29, 0.717) is 11.1 Å². The van der Waals surface area contributed by atoms with Crippen LogP contribution in [0.3, 0.4) is 0 Å². The van der Waals surface area contributed by atoms with Gasteiger partial charge in [-0.25, -0.2) is 9.59 Å². The van der Waals surface area contributed by atoms with E-state index in [-0.39, 0.29) is 18.5 Å². The normalized spacial score (nSPS) is 10.8. The maximum absolute atomic E-state index is 11.7. The number of methoxy groups -OCH3 is 1. The summed E-state index contributed by atoms with van der Waals surface area (Å²) < 4.78 is 9.63. The Kier molecular flexibility index (Phi) is 8.05. The van der Waals surface area contributed by atoms with Crippen LogP contribution in [0.4, 0.5) is 0 Å². The van der Waals surface area contributed by atoms with Crippen molar-refractivity contribution in [2.24, 2.45) is 0 Å². The summed E-state index contributed by atoms with van der Waals surface area (Å²) in [5, 5.41) is 0. The summed E-state index contributed by atoms with van der Waals surface area (Å²) in [5.41, 5.74) is 1.23. The summed E-state index contributed by atoms with van der Waals surface area (Å²) in [7, 11) is 1.34. The van der Waals surface area contributed by atoms with Gasteiger partial charge in [0.15, 0.2) is 0 Å². The van der Waals surface area contributed by atoms with Crippen LogP contribution in [0.15, 0.2) is 66.8 Å². The number of hydrogen-bond donors (Lipinski definition) is 0. The number of carbonyl (C=O) groups excluding carboxylic acids is 2. The van der Waals surface area contributed by atoms with Crippen molar-refractivity contribution in [3.63, 3.8) is 0 Å². The van der Waals surface area contributed by atoms with Crippen LogP contribution in [0.1, 0.15) is 23.2 Å². The molecule has 4 heteroatoms. The molecule has 0 radical (unpaired) electrons. The van der Waals surface area contributed by atoms with Crippen molar-refractivity contribution in [1.82, 2.24) is 0 Å². The van der Waals surface area contributed by atoms with Crippen molar-refractivity contribution in [1.29, 1.82) is 0 Å². The van der Waals surface area contributed by atoms with Crippen LogP contribution < -0.4 is 0 Å². The molecule has 116 valence electrons. The average molecular weight is 300 g/mol. The number of benzene rings is 1. The van der Waals surface area contributed by atoms with Crippen LogP contribution in [-0.4, -0.2) is 25.7 Å². The van der Waals surface area contributed by atoms with E-state index in [0.717, 1.165) is 12.8 Å². The lowest BCUT2D eigenvalue weighted by Crippen LogP contribution is -2.06. The number of carbonyl (C=O) groups is 2. The van der Waals surface area contributed by atoms with Gasteiger partial charge in [-0.05, 0) is 30.5 Å². The number of allylic oxidation sites excluding steroid dienone is 2. The van der Waals surface area contributed by atoms with Crippen LogP contribution in [0, 0.1) is 0 Å². The van der Waals surface area contributed by atoms with Gasteiger partial charge in [-0.3, -0.25) is 0 Å². The van der Waals surface area contributed by atoms with Crippen LogP contribution in [0.25, 0.3) is 0 Å². The van der Waals surface area contributed by atoms with Gasteiger partial charge in [-0.1, -0.05) is 43.0 Å². The number of esters is 2. The predicted octanol–water partition coefficient (Wildman–Crippen LogP) is 3.47. The van der Waals surface area contributed by atoms with Gasteiger partial charge in [0.05, 0.1) is 12.7 Å². The Morgan fingerprint density at radius 3 is 2.36 bits per heavy atom. The van der Waals surface area contributed by atoms with E-state index in [4.69, 9.17) is 4.74 Å². The zero-order valence-corrected chi connectivity index (χ0v) is 12.7.